The number of aromatic amines is 1. The van der Waals surface area contributed by atoms with Gasteiger partial charge < -0.3 is 10.6 Å². The third kappa shape index (κ3) is 13.5. The molecule has 1 unspecified atom stereocenters. The van der Waals surface area contributed by atoms with E-state index in [4.69, 9.17) is 0 Å². The molecule has 7 nitrogen and oxygen atoms in total. The fraction of sp³-hybridized carbons (Fsp3) is 0.750. The van der Waals surface area contributed by atoms with Gasteiger partial charge in [0.2, 0.25) is 5.16 Å². The molecular formula is C20H37N5O2S. The Morgan fingerprint density at radius 3 is 2.29 bits per heavy atom. The van der Waals surface area contributed by atoms with Crippen LogP contribution in [-0.2, 0) is 10.8 Å². The summed E-state index contributed by atoms with van der Waals surface area (Å²) in [7, 11) is -1.05. The highest BCUT2D eigenvalue weighted by atomic mass is 32.2. The van der Waals surface area contributed by atoms with Crippen LogP contribution in [0.15, 0.2) is 23.6 Å². The molecule has 0 spiro atoms. The van der Waals surface area contributed by atoms with Gasteiger partial charge in [-0.25, -0.2) is 9.78 Å². The van der Waals surface area contributed by atoms with Crippen molar-refractivity contribution in [2.45, 2.75) is 82.7 Å². The van der Waals surface area contributed by atoms with Crippen LogP contribution in [0.25, 0.3) is 0 Å². The van der Waals surface area contributed by atoms with Crippen LogP contribution in [0.2, 0.25) is 0 Å². The fourth-order valence-electron chi connectivity index (χ4n) is 2.71. The first-order chi connectivity index (χ1) is 13.7. The molecule has 2 amide bonds. The number of carbonyl (C=O) groups excluding carboxylic acids is 1. The van der Waals surface area contributed by atoms with Crippen molar-refractivity contribution in [1.29, 1.82) is 0 Å². The maximum atomic E-state index is 11.8. The summed E-state index contributed by atoms with van der Waals surface area (Å²) in [6, 6.07) is -0.0451. The number of H-pyrrole nitrogens is 1. The third-order valence-corrected chi connectivity index (χ3v) is 5.66. The lowest BCUT2D eigenvalue weighted by Crippen LogP contribution is -2.36. The molecule has 0 aliphatic carbocycles. The van der Waals surface area contributed by atoms with E-state index >= 15 is 0 Å². The second-order valence-corrected chi connectivity index (χ2v) is 8.39. The van der Waals surface area contributed by atoms with E-state index in [-0.39, 0.29) is 6.03 Å². The lowest BCUT2D eigenvalue weighted by Gasteiger charge is -2.06. The van der Waals surface area contributed by atoms with Gasteiger partial charge in [-0.2, -0.15) is 5.10 Å². The van der Waals surface area contributed by atoms with Crippen LogP contribution in [0.1, 0.15) is 77.6 Å². The number of allylic oxidation sites excluding steroid dienone is 2. The van der Waals surface area contributed by atoms with E-state index < -0.39 is 10.8 Å². The van der Waals surface area contributed by atoms with E-state index in [9.17, 15) is 9.00 Å². The van der Waals surface area contributed by atoms with Crippen molar-refractivity contribution < 1.29 is 9.00 Å². The second kappa shape index (κ2) is 17.4. The number of hydrogen-bond donors (Lipinski definition) is 3. The molecule has 0 radical (unpaired) electrons. The number of nitrogens with zero attached hydrogens (tertiary/aromatic N) is 2. The maximum absolute atomic E-state index is 11.8. The zero-order valence-electron chi connectivity index (χ0n) is 17.3. The van der Waals surface area contributed by atoms with E-state index in [0.717, 1.165) is 70.9 Å². The summed E-state index contributed by atoms with van der Waals surface area (Å²) in [5, 5.41) is 12.6. The summed E-state index contributed by atoms with van der Waals surface area (Å²) in [6.45, 7) is 3.66. The Morgan fingerprint density at radius 1 is 1.00 bits per heavy atom. The van der Waals surface area contributed by atoms with Crippen LogP contribution in [0.5, 0.6) is 0 Å². The minimum absolute atomic E-state index is 0.0451. The van der Waals surface area contributed by atoms with Gasteiger partial charge in [0, 0.05) is 18.8 Å². The normalized spacial score (nSPS) is 12.3. The number of hydrogen-bond acceptors (Lipinski definition) is 4. The average molecular weight is 412 g/mol. The third-order valence-electron chi connectivity index (χ3n) is 4.37. The molecule has 0 aromatic carbocycles. The highest BCUT2D eigenvalue weighted by Crippen LogP contribution is 2.07. The number of carbonyl (C=O) groups is 1. The van der Waals surface area contributed by atoms with Crippen LogP contribution in [-0.4, -0.2) is 44.3 Å². The Kier molecular flexibility index (Phi) is 15.1. The highest BCUT2D eigenvalue weighted by molar-refractivity contribution is 7.84. The van der Waals surface area contributed by atoms with Crippen molar-refractivity contribution in [3.05, 3.63) is 18.5 Å². The van der Waals surface area contributed by atoms with Gasteiger partial charge in [0.05, 0.1) is 10.8 Å². The van der Waals surface area contributed by atoms with Gasteiger partial charge in [0.1, 0.15) is 6.33 Å². The van der Waals surface area contributed by atoms with Gasteiger partial charge in [0.15, 0.2) is 0 Å². The quantitative estimate of drug-likeness (QED) is 0.266. The molecule has 28 heavy (non-hydrogen) atoms. The molecule has 0 aliphatic rings. The van der Waals surface area contributed by atoms with Gasteiger partial charge >= 0.3 is 6.03 Å². The molecule has 0 fully saturated rings. The number of rotatable bonds is 17. The Bertz CT molecular complexity index is 549. The van der Waals surface area contributed by atoms with Crippen LogP contribution in [0, 0.1) is 0 Å². The molecule has 3 N–H and O–H groups in total. The summed E-state index contributed by atoms with van der Waals surface area (Å²) in [6.07, 6.45) is 17.9. The Balaban J connectivity index is 1.82. The molecule has 0 bridgehead atoms. The first-order valence-electron chi connectivity index (χ1n) is 10.6. The minimum Gasteiger partial charge on any atom is -0.338 e. The Morgan fingerprint density at radius 2 is 1.64 bits per heavy atom. The average Bonchev–Trinajstić information content (AvgIpc) is 3.23. The molecule has 8 heteroatoms. The van der Waals surface area contributed by atoms with Crippen LogP contribution < -0.4 is 10.6 Å². The van der Waals surface area contributed by atoms with Crippen molar-refractivity contribution >= 4 is 16.8 Å². The zero-order valence-corrected chi connectivity index (χ0v) is 18.1. The lowest BCUT2D eigenvalue weighted by molar-refractivity contribution is 0.240. The number of unbranched alkanes of at least 4 members (excludes halogenated alkanes) is 8. The number of urea groups is 1. The Labute approximate surface area is 172 Å². The predicted octanol–water partition coefficient (Wildman–Crippen LogP) is 4.08. The van der Waals surface area contributed by atoms with Crippen molar-refractivity contribution in [3.8, 4) is 0 Å². The van der Waals surface area contributed by atoms with Crippen LogP contribution in [0.4, 0.5) is 4.79 Å². The fourth-order valence-corrected chi connectivity index (χ4v) is 3.69. The van der Waals surface area contributed by atoms with E-state index in [0.29, 0.717) is 10.9 Å². The van der Waals surface area contributed by atoms with Crippen molar-refractivity contribution in [1.82, 2.24) is 25.8 Å². The second-order valence-electron chi connectivity index (χ2n) is 6.90. The van der Waals surface area contributed by atoms with E-state index in [1.165, 1.54) is 19.2 Å². The number of nitrogens with one attached hydrogen (secondary N) is 3. The van der Waals surface area contributed by atoms with Crippen LogP contribution >= 0.6 is 0 Å². The van der Waals surface area contributed by atoms with Crippen molar-refractivity contribution in [2.24, 2.45) is 0 Å². The molecule has 1 atom stereocenters. The predicted molar refractivity (Wildman–Crippen MR) is 115 cm³/mol. The largest absolute Gasteiger partial charge is 0.338 e. The van der Waals surface area contributed by atoms with Gasteiger partial charge in [0.25, 0.3) is 0 Å². The lowest BCUT2D eigenvalue weighted by atomic mass is 10.1. The summed E-state index contributed by atoms with van der Waals surface area (Å²) in [4.78, 5) is 15.4. The van der Waals surface area contributed by atoms with E-state index in [1.54, 1.807) is 0 Å². The molecule has 0 saturated heterocycles. The number of aromatic nitrogens is 3. The molecule has 0 saturated carbocycles. The molecule has 1 aromatic rings. The van der Waals surface area contributed by atoms with Crippen molar-refractivity contribution in [3.63, 3.8) is 0 Å². The SMILES string of the molecule is CCCCCNC(=O)NCCCCC=CCCCCCCS(=O)c1ncn[nH]1. The first kappa shape index (κ1) is 24.3. The van der Waals surface area contributed by atoms with Gasteiger partial charge in [-0.3, -0.25) is 9.31 Å². The highest BCUT2D eigenvalue weighted by Gasteiger charge is 2.05. The zero-order chi connectivity index (χ0) is 20.3. The minimum atomic E-state index is -1.05. The summed E-state index contributed by atoms with van der Waals surface area (Å²) in [5.41, 5.74) is 0. The Hall–Kier alpha value is -1.70. The summed E-state index contributed by atoms with van der Waals surface area (Å²) in [5.74, 6) is 0.649. The van der Waals surface area contributed by atoms with E-state index in [1.807, 2.05) is 0 Å². The first-order valence-corrected chi connectivity index (χ1v) is 12.0. The van der Waals surface area contributed by atoms with Crippen LogP contribution in [0.3, 0.4) is 0 Å². The van der Waals surface area contributed by atoms with Gasteiger partial charge in [-0.1, -0.05) is 44.8 Å². The van der Waals surface area contributed by atoms with E-state index in [2.05, 4.69) is 44.9 Å². The summed E-state index contributed by atoms with van der Waals surface area (Å²) >= 11 is 0. The van der Waals surface area contributed by atoms with Crippen molar-refractivity contribution in [2.75, 3.05) is 18.8 Å². The van der Waals surface area contributed by atoms with Gasteiger partial charge in [-0.05, 0) is 44.9 Å². The molecule has 1 aromatic heterocycles. The molecule has 1 rings (SSSR count). The standard InChI is InChI=1S/C20H37N5O2S/c1-2-3-12-15-21-19(26)22-16-13-10-8-6-4-5-7-9-11-14-17-28(27)20-23-18-24-25-20/h4,6,18H,2-3,5,7-17H2,1H3,(H2,21,22,26)(H,23,24,25). The molecular weight excluding hydrogens is 374 g/mol. The maximum Gasteiger partial charge on any atom is 0.314 e. The number of amides is 2. The molecule has 0 aliphatic heterocycles. The molecule has 160 valence electrons. The van der Waals surface area contributed by atoms with Gasteiger partial charge in [-0.15, -0.1) is 0 Å². The monoisotopic (exact) mass is 411 g/mol. The molecule has 1 heterocycles. The summed E-state index contributed by atoms with van der Waals surface area (Å²) < 4.78 is 11.8. The smallest absolute Gasteiger partial charge is 0.314 e. The topological polar surface area (TPSA) is 99.8 Å².